The number of hydrogen-bond donors (Lipinski definition) is 5. The number of nitrogens with zero attached hydrogens (tertiary/aromatic N) is 3. The van der Waals surface area contributed by atoms with Crippen molar-refractivity contribution in [2.45, 2.75) is 6.42 Å². The molecular formula is C17H18N8O4. The number of carbonyl (C=O) groups excluding carboxylic acids is 3. The lowest BCUT2D eigenvalue weighted by atomic mass is 10.2. The van der Waals surface area contributed by atoms with Crippen LogP contribution in [0.25, 0.3) is 11.0 Å². The van der Waals surface area contributed by atoms with E-state index in [9.17, 15) is 19.2 Å². The van der Waals surface area contributed by atoms with Crippen LogP contribution in [0.2, 0.25) is 0 Å². The van der Waals surface area contributed by atoms with E-state index in [1.54, 1.807) is 18.2 Å². The van der Waals surface area contributed by atoms with Crippen molar-refractivity contribution < 1.29 is 14.4 Å². The fourth-order valence-electron chi connectivity index (χ4n) is 2.61. The minimum absolute atomic E-state index is 0.00356. The van der Waals surface area contributed by atoms with Crippen LogP contribution in [0.3, 0.4) is 0 Å². The minimum Gasteiger partial charge on any atom is -0.370 e. The molecule has 12 nitrogen and oxygen atoms in total. The molecule has 0 fully saturated rings. The summed E-state index contributed by atoms with van der Waals surface area (Å²) in [5.41, 5.74) is 5.77. The highest BCUT2D eigenvalue weighted by Crippen LogP contribution is 2.17. The Morgan fingerprint density at radius 3 is 2.66 bits per heavy atom. The number of H-pyrrole nitrogens is 1. The van der Waals surface area contributed by atoms with Gasteiger partial charge in [0.25, 0.3) is 11.5 Å². The lowest BCUT2D eigenvalue weighted by Gasteiger charge is -2.09. The molecule has 4 amide bonds. The number of nitrogens with two attached hydrogens (primary N) is 1. The van der Waals surface area contributed by atoms with Crippen LogP contribution in [0.4, 0.5) is 16.2 Å². The molecule has 12 heteroatoms. The van der Waals surface area contributed by atoms with Crippen molar-refractivity contribution in [1.82, 2.24) is 25.1 Å². The van der Waals surface area contributed by atoms with Gasteiger partial charge in [0.15, 0.2) is 11.2 Å². The van der Waals surface area contributed by atoms with Gasteiger partial charge in [0, 0.05) is 31.4 Å². The summed E-state index contributed by atoms with van der Waals surface area (Å²) in [5.74, 6) is -1.08. The predicted molar refractivity (Wildman–Crippen MR) is 104 cm³/mol. The zero-order chi connectivity index (χ0) is 21.0. The molecule has 150 valence electrons. The molecule has 3 aromatic rings. The van der Waals surface area contributed by atoms with E-state index in [0.29, 0.717) is 11.4 Å². The van der Waals surface area contributed by atoms with Crippen LogP contribution in [-0.4, -0.2) is 44.1 Å². The maximum atomic E-state index is 12.6. The van der Waals surface area contributed by atoms with Gasteiger partial charge in [0.1, 0.15) is 5.52 Å². The fraction of sp³-hybridized carbons (Fsp3) is 0.176. The SMILES string of the molecule is Cn1nc(C(=O)Nc2cccc(NC(=O)NCCC(N)=O)c2)c2nc[nH]c(=O)c21. The van der Waals surface area contributed by atoms with Crippen LogP contribution in [0.5, 0.6) is 0 Å². The van der Waals surface area contributed by atoms with E-state index in [2.05, 4.69) is 31.0 Å². The van der Waals surface area contributed by atoms with Crippen molar-refractivity contribution >= 4 is 40.3 Å². The normalized spacial score (nSPS) is 10.5. The molecule has 2 heterocycles. The van der Waals surface area contributed by atoms with Crippen molar-refractivity contribution in [2.24, 2.45) is 12.8 Å². The number of aryl methyl sites for hydroxylation is 1. The average molecular weight is 398 g/mol. The number of rotatable bonds is 6. The van der Waals surface area contributed by atoms with Gasteiger partial charge in [-0.1, -0.05) is 6.07 Å². The third-order valence-corrected chi connectivity index (χ3v) is 3.88. The molecule has 29 heavy (non-hydrogen) atoms. The van der Waals surface area contributed by atoms with E-state index in [0.717, 1.165) is 0 Å². The number of fused-ring (bicyclic) bond motifs is 1. The summed E-state index contributed by atoms with van der Waals surface area (Å²) in [6.07, 6.45) is 1.23. The third kappa shape index (κ3) is 4.55. The quantitative estimate of drug-likeness (QED) is 0.387. The molecule has 1 aromatic carbocycles. The van der Waals surface area contributed by atoms with Gasteiger partial charge in [-0.05, 0) is 18.2 Å². The van der Waals surface area contributed by atoms with Gasteiger partial charge in [-0.25, -0.2) is 9.78 Å². The second-order valence-electron chi connectivity index (χ2n) is 6.03. The van der Waals surface area contributed by atoms with Crippen LogP contribution in [0.1, 0.15) is 16.9 Å². The van der Waals surface area contributed by atoms with Crippen LogP contribution in [0.15, 0.2) is 35.4 Å². The molecule has 0 aliphatic rings. The highest BCUT2D eigenvalue weighted by atomic mass is 16.2. The zero-order valence-electron chi connectivity index (χ0n) is 15.4. The maximum Gasteiger partial charge on any atom is 0.319 e. The van der Waals surface area contributed by atoms with Crippen LogP contribution in [0, 0.1) is 0 Å². The number of primary amides is 1. The topological polar surface area (TPSA) is 177 Å². The molecule has 0 saturated carbocycles. The number of amides is 4. The van der Waals surface area contributed by atoms with E-state index in [4.69, 9.17) is 5.73 Å². The minimum atomic E-state index is -0.559. The number of urea groups is 1. The lowest BCUT2D eigenvalue weighted by molar-refractivity contribution is -0.117. The first-order chi connectivity index (χ1) is 13.8. The standard InChI is InChI=1S/C17H18N8O4/c1-25-14-12(20-8-21-16(14)28)13(24-25)15(27)22-9-3-2-4-10(7-9)23-17(29)19-6-5-11(18)26/h2-4,7-8H,5-6H2,1H3,(H2,18,26)(H,22,27)(H2,19,23,29)(H,20,21,28). The van der Waals surface area contributed by atoms with Crippen molar-refractivity contribution in [3.63, 3.8) is 0 Å². The average Bonchev–Trinajstić information content (AvgIpc) is 3.00. The molecule has 0 atom stereocenters. The first-order valence-corrected chi connectivity index (χ1v) is 8.50. The van der Waals surface area contributed by atoms with Gasteiger partial charge in [-0.3, -0.25) is 19.1 Å². The van der Waals surface area contributed by atoms with Crippen molar-refractivity contribution in [2.75, 3.05) is 17.2 Å². The summed E-state index contributed by atoms with van der Waals surface area (Å²) in [6.45, 7) is 0.108. The summed E-state index contributed by atoms with van der Waals surface area (Å²) < 4.78 is 1.28. The molecule has 0 aliphatic heterocycles. The molecule has 0 saturated heterocycles. The Balaban J connectivity index is 1.71. The summed E-state index contributed by atoms with van der Waals surface area (Å²) in [5, 5.41) is 11.8. The summed E-state index contributed by atoms with van der Waals surface area (Å²) in [7, 11) is 1.54. The fourth-order valence-corrected chi connectivity index (χ4v) is 2.61. The van der Waals surface area contributed by atoms with Crippen molar-refractivity contribution in [3.05, 3.63) is 46.6 Å². The summed E-state index contributed by atoms with van der Waals surface area (Å²) in [6, 6.07) is 5.90. The monoisotopic (exact) mass is 398 g/mol. The van der Waals surface area contributed by atoms with Crippen molar-refractivity contribution in [1.29, 1.82) is 0 Å². The van der Waals surface area contributed by atoms with Crippen molar-refractivity contribution in [3.8, 4) is 0 Å². The molecule has 0 bridgehead atoms. The molecule has 0 radical (unpaired) electrons. The second-order valence-corrected chi connectivity index (χ2v) is 6.03. The number of nitrogens with one attached hydrogen (secondary N) is 4. The van der Waals surface area contributed by atoms with E-state index < -0.39 is 23.4 Å². The van der Waals surface area contributed by atoms with E-state index in [-0.39, 0.29) is 29.7 Å². The first kappa shape index (κ1) is 19.5. The first-order valence-electron chi connectivity index (χ1n) is 8.50. The number of aromatic amines is 1. The molecule has 3 rings (SSSR count). The second kappa shape index (κ2) is 8.21. The Morgan fingerprint density at radius 2 is 1.93 bits per heavy atom. The highest BCUT2D eigenvalue weighted by Gasteiger charge is 2.19. The Labute approximate surface area is 163 Å². The summed E-state index contributed by atoms with van der Waals surface area (Å²) >= 11 is 0. The molecular weight excluding hydrogens is 380 g/mol. The smallest absolute Gasteiger partial charge is 0.319 e. The Hall–Kier alpha value is -4.22. The third-order valence-electron chi connectivity index (χ3n) is 3.88. The van der Waals surface area contributed by atoms with E-state index >= 15 is 0 Å². The van der Waals surface area contributed by atoms with Gasteiger partial charge in [-0.15, -0.1) is 0 Å². The number of carbonyl (C=O) groups is 3. The van der Waals surface area contributed by atoms with Crippen LogP contribution >= 0.6 is 0 Å². The Bertz CT molecular complexity index is 1150. The van der Waals surface area contributed by atoms with Gasteiger partial charge < -0.3 is 26.7 Å². The predicted octanol–water partition coefficient (Wildman–Crippen LogP) is -0.0942. The number of hydrogen-bond acceptors (Lipinski definition) is 6. The van der Waals surface area contributed by atoms with Crippen LogP contribution in [-0.2, 0) is 11.8 Å². The Morgan fingerprint density at radius 1 is 1.21 bits per heavy atom. The highest BCUT2D eigenvalue weighted by molar-refractivity contribution is 6.10. The summed E-state index contributed by atoms with van der Waals surface area (Å²) in [4.78, 5) is 53.5. The van der Waals surface area contributed by atoms with Gasteiger partial charge in [-0.2, -0.15) is 5.10 Å². The van der Waals surface area contributed by atoms with Crippen LogP contribution < -0.4 is 27.2 Å². The lowest BCUT2D eigenvalue weighted by Crippen LogP contribution is -2.31. The molecule has 0 aliphatic carbocycles. The van der Waals surface area contributed by atoms with Gasteiger partial charge in [0.2, 0.25) is 5.91 Å². The number of anilines is 2. The van der Waals surface area contributed by atoms with E-state index in [1.165, 1.54) is 24.1 Å². The van der Waals surface area contributed by atoms with Gasteiger partial charge >= 0.3 is 6.03 Å². The largest absolute Gasteiger partial charge is 0.370 e. The van der Waals surface area contributed by atoms with Gasteiger partial charge in [0.05, 0.1) is 6.33 Å². The number of aromatic nitrogens is 4. The Kier molecular flexibility index (Phi) is 5.53. The molecule has 0 spiro atoms. The zero-order valence-corrected chi connectivity index (χ0v) is 15.4. The molecule has 2 aromatic heterocycles. The number of benzene rings is 1. The van der Waals surface area contributed by atoms with E-state index in [1.807, 2.05) is 0 Å². The maximum absolute atomic E-state index is 12.6. The molecule has 6 N–H and O–H groups in total. The molecule has 0 unspecified atom stereocenters.